The molecule has 2 aliphatic rings. The molecule has 1 aromatic rings. The maximum Gasteiger partial charge on any atom is 0.332 e. The molecule has 1 aliphatic heterocycles. The number of carbonyl (C=O) groups is 2. The molecule has 3 rings (SSSR count). The van der Waals surface area contributed by atoms with Gasteiger partial charge in [-0.1, -0.05) is 31.4 Å². The van der Waals surface area contributed by atoms with E-state index in [1.807, 2.05) is 0 Å². The SMILES string of the molecule is O=C(Cc1ccc(F)cc1)N1CCOC(=O)C12CCCCC2. The van der Waals surface area contributed by atoms with Crippen molar-refractivity contribution < 1.29 is 18.7 Å². The Kier molecular flexibility index (Phi) is 4.14. The van der Waals surface area contributed by atoms with E-state index in [2.05, 4.69) is 0 Å². The molecule has 0 aromatic heterocycles. The van der Waals surface area contributed by atoms with Gasteiger partial charge in [0.2, 0.25) is 5.91 Å². The quantitative estimate of drug-likeness (QED) is 0.789. The fourth-order valence-corrected chi connectivity index (χ4v) is 3.53. The van der Waals surface area contributed by atoms with Crippen LogP contribution in [0.1, 0.15) is 37.7 Å². The van der Waals surface area contributed by atoms with Crippen molar-refractivity contribution in [2.24, 2.45) is 0 Å². The molecule has 0 bridgehead atoms. The van der Waals surface area contributed by atoms with E-state index in [0.29, 0.717) is 19.4 Å². The highest BCUT2D eigenvalue weighted by atomic mass is 19.1. The molecule has 22 heavy (non-hydrogen) atoms. The summed E-state index contributed by atoms with van der Waals surface area (Å²) in [6.07, 6.45) is 4.52. The summed E-state index contributed by atoms with van der Waals surface area (Å²) in [5.41, 5.74) is -0.00976. The third-order valence-corrected chi connectivity index (χ3v) is 4.70. The van der Waals surface area contributed by atoms with Crippen LogP contribution < -0.4 is 0 Å². The minimum Gasteiger partial charge on any atom is -0.462 e. The number of nitrogens with zero attached hydrogens (tertiary/aromatic N) is 1. The van der Waals surface area contributed by atoms with Crippen molar-refractivity contribution in [3.63, 3.8) is 0 Å². The Bertz CT molecular complexity index is 564. The van der Waals surface area contributed by atoms with Crippen molar-refractivity contribution in [2.45, 2.75) is 44.1 Å². The van der Waals surface area contributed by atoms with E-state index in [1.165, 1.54) is 12.1 Å². The van der Waals surface area contributed by atoms with Gasteiger partial charge in [0.05, 0.1) is 13.0 Å². The molecule has 0 unspecified atom stereocenters. The summed E-state index contributed by atoms with van der Waals surface area (Å²) in [5, 5.41) is 0. The Morgan fingerprint density at radius 3 is 2.55 bits per heavy atom. The Labute approximate surface area is 129 Å². The van der Waals surface area contributed by atoms with E-state index >= 15 is 0 Å². The Hall–Kier alpha value is -1.91. The predicted octanol–water partition coefficient (Wildman–Crippen LogP) is 2.46. The topological polar surface area (TPSA) is 46.6 Å². The van der Waals surface area contributed by atoms with Crippen molar-refractivity contribution in [3.05, 3.63) is 35.6 Å². The van der Waals surface area contributed by atoms with Crippen LogP contribution in [0, 0.1) is 5.82 Å². The van der Waals surface area contributed by atoms with Gasteiger partial charge in [-0.3, -0.25) is 4.79 Å². The van der Waals surface area contributed by atoms with Crippen LogP contribution in [0.25, 0.3) is 0 Å². The average Bonchev–Trinajstić information content (AvgIpc) is 2.53. The summed E-state index contributed by atoms with van der Waals surface area (Å²) in [7, 11) is 0. The Morgan fingerprint density at radius 2 is 1.86 bits per heavy atom. The van der Waals surface area contributed by atoms with Crippen LogP contribution in [0.15, 0.2) is 24.3 Å². The van der Waals surface area contributed by atoms with Crippen LogP contribution in [0.2, 0.25) is 0 Å². The maximum absolute atomic E-state index is 13.0. The molecule has 1 heterocycles. The number of halogens is 1. The van der Waals surface area contributed by atoms with Gasteiger partial charge in [-0.05, 0) is 30.5 Å². The van der Waals surface area contributed by atoms with E-state index in [1.54, 1.807) is 17.0 Å². The molecule has 1 amide bonds. The van der Waals surface area contributed by atoms with Crippen molar-refractivity contribution in [1.29, 1.82) is 0 Å². The van der Waals surface area contributed by atoms with E-state index in [0.717, 1.165) is 24.8 Å². The van der Waals surface area contributed by atoms with Gasteiger partial charge in [-0.15, -0.1) is 0 Å². The number of hydrogen-bond donors (Lipinski definition) is 0. The highest BCUT2D eigenvalue weighted by Gasteiger charge is 2.50. The van der Waals surface area contributed by atoms with Crippen molar-refractivity contribution in [1.82, 2.24) is 4.90 Å². The second kappa shape index (κ2) is 6.07. The van der Waals surface area contributed by atoms with Crippen LogP contribution in [0.5, 0.6) is 0 Å². The molecule has 1 aromatic carbocycles. The van der Waals surface area contributed by atoms with Crippen molar-refractivity contribution >= 4 is 11.9 Å². The summed E-state index contributed by atoms with van der Waals surface area (Å²) < 4.78 is 18.2. The number of rotatable bonds is 2. The smallest absolute Gasteiger partial charge is 0.332 e. The summed E-state index contributed by atoms with van der Waals surface area (Å²) in [4.78, 5) is 26.7. The van der Waals surface area contributed by atoms with Gasteiger partial charge in [0.25, 0.3) is 0 Å². The van der Waals surface area contributed by atoms with E-state index < -0.39 is 5.54 Å². The third kappa shape index (κ3) is 2.72. The molecule has 1 aliphatic carbocycles. The molecular weight excluding hydrogens is 285 g/mol. The molecule has 4 nitrogen and oxygen atoms in total. The molecule has 0 radical (unpaired) electrons. The zero-order valence-electron chi connectivity index (χ0n) is 12.5. The van der Waals surface area contributed by atoms with Gasteiger partial charge >= 0.3 is 5.97 Å². The number of amides is 1. The molecule has 2 fully saturated rings. The minimum absolute atomic E-state index is 0.0786. The monoisotopic (exact) mass is 305 g/mol. The van der Waals surface area contributed by atoms with E-state index in [4.69, 9.17) is 4.74 Å². The first-order chi connectivity index (χ1) is 10.6. The molecule has 1 spiro atoms. The second-order valence-corrected chi connectivity index (χ2v) is 6.08. The molecule has 1 saturated heterocycles. The number of morpholine rings is 1. The third-order valence-electron chi connectivity index (χ3n) is 4.70. The molecule has 118 valence electrons. The fourth-order valence-electron chi connectivity index (χ4n) is 3.53. The molecular formula is C17H20FNO3. The van der Waals surface area contributed by atoms with E-state index in [-0.39, 0.29) is 30.7 Å². The molecule has 5 heteroatoms. The highest BCUT2D eigenvalue weighted by Crippen LogP contribution is 2.37. The maximum atomic E-state index is 13.0. The zero-order chi connectivity index (χ0) is 15.6. The van der Waals surface area contributed by atoms with Crippen LogP contribution >= 0.6 is 0 Å². The standard InChI is InChI=1S/C17H20FNO3/c18-14-6-4-13(5-7-14)12-15(20)19-10-11-22-16(21)17(19)8-2-1-3-9-17/h4-7H,1-3,8-12H2. The highest BCUT2D eigenvalue weighted by molar-refractivity contribution is 5.90. The number of benzene rings is 1. The number of carbonyl (C=O) groups excluding carboxylic acids is 2. The van der Waals surface area contributed by atoms with Gasteiger partial charge < -0.3 is 9.64 Å². The molecule has 0 atom stereocenters. The first-order valence-electron chi connectivity index (χ1n) is 7.84. The zero-order valence-corrected chi connectivity index (χ0v) is 12.5. The van der Waals surface area contributed by atoms with Gasteiger partial charge in [0.15, 0.2) is 0 Å². The van der Waals surface area contributed by atoms with Gasteiger partial charge in [0, 0.05) is 0 Å². The van der Waals surface area contributed by atoms with Gasteiger partial charge in [0.1, 0.15) is 18.0 Å². The number of cyclic esters (lactones) is 1. The lowest BCUT2D eigenvalue weighted by Crippen LogP contribution is -2.63. The average molecular weight is 305 g/mol. The summed E-state index contributed by atoms with van der Waals surface area (Å²) >= 11 is 0. The Morgan fingerprint density at radius 1 is 1.18 bits per heavy atom. The number of ether oxygens (including phenoxy) is 1. The van der Waals surface area contributed by atoms with Crippen molar-refractivity contribution in [3.8, 4) is 0 Å². The van der Waals surface area contributed by atoms with Gasteiger partial charge in [-0.2, -0.15) is 0 Å². The summed E-state index contributed by atoms with van der Waals surface area (Å²) in [5.74, 6) is -0.655. The van der Waals surface area contributed by atoms with Crippen LogP contribution in [-0.4, -0.2) is 35.5 Å². The van der Waals surface area contributed by atoms with Crippen molar-refractivity contribution in [2.75, 3.05) is 13.2 Å². The lowest BCUT2D eigenvalue weighted by atomic mass is 9.79. The minimum atomic E-state index is -0.770. The lowest BCUT2D eigenvalue weighted by Gasteiger charge is -2.47. The Balaban J connectivity index is 1.79. The lowest BCUT2D eigenvalue weighted by molar-refractivity contribution is -0.178. The van der Waals surface area contributed by atoms with E-state index in [9.17, 15) is 14.0 Å². The predicted molar refractivity (Wildman–Crippen MR) is 78.6 cm³/mol. The summed E-state index contributed by atoms with van der Waals surface area (Å²) in [6.45, 7) is 0.710. The first-order valence-corrected chi connectivity index (χ1v) is 7.84. The van der Waals surface area contributed by atoms with Crippen LogP contribution in [0.4, 0.5) is 4.39 Å². The summed E-state index contributed by atoms with van der Waals surface area (Å²) in [6, 6.07) is 5.93. The van der Waals surface area contributed by atoms with Crippen LogP contribution in [0.3, 0.4) is 0 Å². The normalized spacial score (nSPS) is 20.8. The largest absolute Gasteiger partial charge is 0.462 e. The second-order valence-electron chi connectivity index (χ2n) is 6.08. The van der Waals surface area contributed by atoms with Gasteiger partial charge in [-0.25, -0.2) is 9.18 Å². The van der Waals surface area contributed by atoms with Crippen LogP contribution in [-0.2, 0) is 20.7 Å². The molecule has 1 saturated carbocycles. The first kappa shape index (κ1) is 15.0. The number of hydrogen-bond acceptors (Lipinski definition) is 3. The fraction of sp³-hybridized carbons (Fsp3) is 0.529. The number of esters is 1. The molecule has 0 N–H and O–H groups in total.